The minimum atomic E-state index is 0.351. The summed E-state index contributed by atoms with van der Waals surface area (Å²) in [5, 5.41) is 0. The molecular formula is C9H18O2. The van der Waals surface area contributed by atoms with Gasteiger partial charge in [-0.15, -0.1) is 0 Å². The molecule has 0 spiro atoms. The molecule has 1 aliphatic rings. The normalized spacial score (nSPS) is 32.2. The van der Waals surface area contributed by atoms with Gasteiger partial charge in [-0.1, -0.05) is 13.3 Å². The van der Waals surface area contributed by atoms with Gasteiger partial charge in [-0.05, 0) is 18.8 Å². The first-order valence-electron chi connectivity index (χ1n) is 4.49. The van der Waals surface area contributed by atoms with Crippen LogP contribution in [0.4, 0.5) is 0 Å². The fourth-order valence-electron chi connectivity index (χ4n) is 1.72. The van der Waals surface area contributed by atoms with E-state index in [1.165, 1.54) is 19.3 Å². The second kappa shape index (κ2) is 4.73. The Morgan fingerprint density at radius 3 is 3.00 bits per heavy atom. The van der Waals surface area contributed by atoms with Crippen LogP contribution < -0.4 is 0 Å². The highest BCUT2D eigenvalue weighted by molar-refractivity contribution is 4.73. The zero-order valence-electron chi connectivity index (χ0n) is 7.51. The summed E-state index contributed by atoms with van der Waals surface area (Å²) in [6.07, 6.45) is 4.06. The highest BCUT2D eigenvalue weighted by atomic mass is 16.5. The Balaban J connectivity index is 2.31. The lowest BCUT2D eigenvalue weighted by Gasteiger charge is -2.30. The standard InChI is InChI=1S/C9H18O2/c1-3-4-8-5-6-11-7-9(8)10-2/h8-9H,3-7H2,1-2H3. The van der Waals surface area contributed by atoms with E-state index in [4.69, 9.17) is 9.47 Å². The van der Waals surface area contributed by atoms with Crippen molar-refractivity contribution < 1.29 is 9.47 Å². The summed E-state index contributed by atoms with van der Waals surface area (Å²) in [6.45, 7) is 3.94. The number of hydrogen-bond acceptors (Lipinski definition) is 2. The van der Waals surface area contributed by atoms with Gasteiger partial charge in [0.1, 0.15) is 0 Å². The van der Waals surface area contributed by atoms with Crippen molar-refractivity contribution in [3.63, 3.8) is 0 Å². The van der Waals surface area contributed by atoms with Crippen LogP contribution in [0.2, 0.25) is 0 Å². The summed E-state index contributed by atoms with van der Waals surface area (Å²) >= 11 is 0. The van der Waals surface area contributed by atoms with Gasteiger partial charge in [0, 0.05) is 13.7 Å². The number of rotatable bonds is 3. The monoisotopic (exact) mass is 158 g/mol. The van der Waals surface area contributed by atoms with E-state index in [1.54, 1.807) is 7.11 Å². The Morgan fingerprint density at radius 2 is 2.36 bits per heavy atom. The molecule has 1 aliphatic heterocycles. The molecule has 0 aromatic rings. The molecule has 2 unspecified atom stereocenters. The van der Waals surface area contributed by atoms with E-state index in [9.17, 15) is 0 Å². The van der Waals surface area contributed by atoms with Gasteiger partial charge >= 0.3 is 0 Å². The van der Waals surface area contributed by atoms with Gasteiger partial charge in [0.2, 0.25) is 0 Å². The van der Waals surface area contributed by atoms with Crippen molar-refractivity contribution in [3.05, 3.63) is 0 Å². The van der Waals surface area contributed by atoms with Crippen LogP contribution in [0, 0.1) is 5.92 Å². The lowest BCUT2D eigenvalue weighted by Crippen LogP contribution is -2.33. The predicted octanol–water partition coefficient (Wildman–Crippen LogP) is 1.84. The largest absolute Gasteiger partial charge is 0.379 e. The van der Waals surface area contributed by atoms with Gasteiger partial charge in [0.05, 0.1) is 12.7 Å². The van der Waals surface area contributed by atoms with Crippen LogP contribution in [0.25, 0.3) is 0 Å². The van der Waals surface area contributed by atoms with Crippen LogP contribution in [0.1, 0.15) is 26.2 Å². The van der Waals surface area contributed by atoms with E-state index in [0.29, 0.717) is 6.10 Å². The maximum atomic E-state index is 5.33. The summed E-state index contributed by atoms with van der Waals surface area (Å²) < 4.78 is 10.7. The van der Waals surface area contributed by atoms with Crippen molar-refractivity contribution in [1.29, 1.82) is 0 Å². The summed E-state index contributed by atoms with van der Waals surface area (Å²) in [4.78, 5) is 0. The Kier molecular flexibility index (Phi) is 3.87. The van der Waals surface area contributed by atoms with Gasteiger partial charge in [0.25, 0.3) is 0 Å². The highest BCUT2D eigenvalue weighted by Gasteiger charge is 2.24. The van der Waals surface area contributed by atoms with Crippen molar-refractivity contribution in [2.75, 3.05) is 20.3 Å². The Bertz CT molecular complexity index is 102. The quantitative estimate of drug-likeness (QED) is 0.624. The van der Waals surface area contributed by atoms with E-state index >= 15 is 0 Å². The molecule has 1 fully saturated rings. The van der Waals surface area contributed by atoms with Crippen molar-refractivity contribution in [3.8, 4) is 0 Å². The zero-order chi connectivity index (χ0) is 8.10. The first-order chi connectivity index (χ1) is 5.38. The molecule has 1 saturated heterocycles. The average Bonchev–Trinajstić information content (AvgIpc) is 2.06. The second-order valence-electron chi connectivity index (χ2n) is 3.19. The molecule has 1 heterocycles. The molecule has 0 saturated carbocycles. The molecule has 0 amide bonds. The van der Waals surface area contributed by atoms with Crippen molar-refractivity contribution in [1.82, 2.24) is 0 Å². The lowest BCUT2D eigenvalue weighted by atomic mass is 9.92. The molecule has 11 heavy (non-hydrogen) atoms. The molecule has 2 atom stereocenters. The summed E-state index contributed by atoms with van der Waals surface area (Å²) in [6, 6.07) is 0. The van der Waals surface area contributed by atoms with Gasteiger partial charge in [-0.25, -0.2) is 0 Å². The van der Waals surface area contributed by atoms with E-state index in [1.807, 2.05) is 0 Å². The molecule has 66 valence electrons. The van der Waals surface area contributed by atoms with E-state index in [2.05, 4.69) is 6.92 Å². The fourth-order valence-corrected chi connectivity index (χ4v) is 1.72. The molecule has 0 N–H and O–H groups in total. The summed E-state index contributed by atoms with van der Waals surface area (Å²) in [7, 11) is 1.78. The van der Waals surface area contributed by atoms with Crippen LogP contribution in [-0.2, 0) is 9.47 Å². The first kappa shape index (κ1) is 9.01. The molecule has 1 rings (SSSR count). The van der Waals surface area contributed by atoms with Gasteiger partial charge in [-0.3, -0.25) is 0 Å². The Labute approximate surface area is 68.9 Å². The minimum Gasteiger partial charge on any atom is -0.379 e. The van der Waals surface area contributed by atoms with Crippen LogP contribution in [0.5, 0.6) is 0 Å². The van der Waals surface area contributed by atoms with Crippen molar-refractivity contribution in [2.24, 2.45) is 5.92 Å². The third kappa shape index (κ3) is 2.46. The second-order valence-corrected chi connectivity index (χ2v) is 3.19. The minimum absolute atomic E-state index is 0.351. The van der Waals surface area contributed by atoms with Crippen molar-refractivity contribution >= 4 is 0 Å². The number of hydrogen-bond donors (Lipinski definition) is 0. The number of methoxy groups -OCH3 is 1. The van der Waals surface area contributed by atoms with Crippen LogP contribution in [0.3, 0.4) is 0 Å². The zero-order valence-corrected chi connectivity index (χ0v) is 7.51. The highest BCUT2D eigenvalue weighted by Crippen LogP contribution is 2.22. The maximum absolute atomic E-state index is 5.33. The molecule has 2 nitrogen and oxygen atoms in total. The molecule has 0 aromatic carbocycles. The first-order valence-corrected chi connectivity index (χ1v) is 4.49. The van der Waals surface area contributed by atoms with Gasteiger partial charge < -0.3 is 9.47 Å². The predicted molar refractivity (Wildman–Crippen MR) is 44.6 cm³/mol. The average molecular weight is 158 g/mol. The molecule has 2 heteroatoms. The third-order valence-electron chi connectivity index (χ3n) is 2.40. The molecular weight excluding hydrogens is 140 g/mol. The third-order valence-corrected chi connectivity index (χ3v) is 2.40. The van der Waals surface area contributed by atoms with Crippen LogP contribution in [-0.4, -0.2) is 26.4 Å². The Morgan fingerprint density at radius 1 is 1.55 bits per heavy atom. The smallest absolute Gasteiger partial charge is 0.0833 e. The SMILES string of the molecule is CCCC1CCOCC1OC. The van der Waals surface area contributed by atoms with Crippen molar-refractivity contribution in [2.45, 2.75) is 32.3 Å². The van der Waals surface area contributed by atoms with Gasteiger partial charge in [-0.2, -0.15) is 0 Å². The fraction of sp³-hybridized carbons (Fsp3) is 1.00. The van der Waals surface area contributed by atoms with E-state index < -0.39 is 0 Å². The molecule has 0 radical (unpaired) electrons. The molecule has 0 aromatic heterocycles. The van der Waals surface area contributed by atoms with E-state index in [0.717, 1.165) is 19.1 Å². The summed E-state index contributed by atoms with van der Waals surface area (Å²) in [5.74, 6) is 0.735. The molecule has 0 aliphatic carbocycles. The van der Waals surface area contributed by atoms with Gasteiger partial charge in [0.15, 0.2) is 0 Å². The van der Waals surface area contributed by atoms with E-state index in [-0.39, 0.29) is 0 Å². The van der Waals surface area contributed by atoms with Crippen LogP contribution in [0.15, 0.2) is 0 Å². The topological polar surface area (TPSA) is 18.5 Å². The number of ether oxygens (including phenoxy) is 2. The molecule has 0 bridgehead atoms. The maximum Gasteiger partial charge on any atom is 0.0833 e. The van der Waals surface area contributed by atoms with Crippen LogP contribution >= 0.6 is 0 Å². The lowest BCUT2D eigenvalue weighted by molar-refractivity contribution is -0.0674. The Hall–Kier alpha value is -0.0800. The summed E-state index contributed by atoms with van der Waals surface area (Å²) in [5.41, 5.74) is 0.